The fourth-order valence-corrected chi connectivity index (χ4v) is 2.96. The van der Waals surface area contributed by atoms with E-state index in [0.717, 1.165) is 43.8 Å². The number of nitrogens with one attached hydrogen (secondary N) is 1. The molecule has 0 bridgehead atoms. The van der Waals surface area contributed by atoms with Gasteiger partial charge in [0.2, 0.25) is 0 Å². The van der Waals surface area contributed by atoms with E-state index < -0.39 is 0 Å². The summed E-state index contributed by atoms with van der Waals surface area (Å²) in [6.45, 7) is 3.91. The number of piperidine rings is 1. The summed E-state index contributed by atoms with van der Waals surface area (Å²) < 4.78 is 10.3. The molecule has 1 aromatic carbocycles. The standard InChI is InChI=1S/C17H26N2O3/c1-4-14(17(20)22-3)18-13-9-11-19(12-10-13)15-7-5-6-8-16(15)21-2/h5-8,13-14,18H,4,9-12H2,1-3H3/t14-/m0/s1. The van der Waals surface area contributed by atoms with Gasteiger partial charge < -0.3 is 19.7 Å². The highest BCUT2D eigenvalue weighted by Gasteiger charge is 2.25. The molecular formula is C17H26N2O3. The van der Waals surface area contributed by atoms with E-state index in [2.05, 4.69) is 16.3 Å². The molecule has 0 aliphatic carbocycles. The topological polar surface area (TPSA) is 50.8 Å². The predicted octanol–water partition coefficient (Wildman–Crippen LogP) is 2.21. The van der Waals surface area contributed by atoms with Crippen molar-refractivity contribution in [2.45, 2.75) is 38.3 Å². The molecule has 0 spiro atoms. The van der Waals surface area contributed by atoms with Crippen LogP contribution in [0.2, 0.25) is 0 Å². The molecule has 0 aromatic heterocycles. The highest BCUT2D eigenvalue weighted by atomic mass is 16.5. The zero-order chi connectivity index (χ0) is 15.9. The van der Waals surface area contributed by atoms with Crippen molar-refractivity contribution in [2.75, 3.05) is 32.2 Å². The second kappa shape index (κ2) is 8.03. The molecule has 5 heteroatoms. The fraction of sp³-hybridized carbons (Fsp3) is 0.588. The van der Waals surface area contributed by atoms with Crippen LogP contribution < -0.4 is 15.0 Å². The number of esters is 1. The number of anilines is 1. The monoisotopic (exact) mass is 306 g/mol. The molecule has 1 saturated heterocycles. The summed E-state index contributed by atoms with van der Waals surface area (Å²) in [4.78, 5) is 14.0. The first-order chi connectivity index (χ1) is 10.7. The normalized spacial score (nSPS) is 17.1. The lowest BCUT2D eigenvalue weighted by atomic mass is 10.0. The highest BCUT2D eigenvalue weighted by Crippen LogP contribution is 2.29. The molecule has 2 rings (SSSR count). The van der Waals surface area contributed by atoms with Crippen LogP contribution in [0, 0.1) is 0 Å². The van der Waals surface area contributed by atoms with Gasteiger partial charge in [-0.3, -0.25) is 4.79 Å². The zero-order valence-electron chi connectivity index (χ0n) is 13.7. The average Bonchev–Trinajstić information content (AvgIpc) is 2.59. The van der Waals surface area contributed by atoms with E-state index in [9.17, 15) is 4.79 Å². The van der Waals surface area contributed by atoms with E-state index in [0.29, 0.717) is 6.04 Å². The van der Waals surface area contributed by atoms with Crippen LogP contribution in [0.1, 0.15) is 26.2 Å². The third-order valence-electron chi connectivity index (χ3n) is 4.25. The van der Waals surface area contributed by atoms with Crippen molar-refractivity contribution in [3.05, 3.63) is 24.3 Å². The first-order valence-corrected chi connectivity index (χ1v) is 7.91. The van der Waals surface area contributed by atoms with Crippen LogP contribution in [0.4, 0.5) is 5.69 Å². The molecule has 0 saturated carbocycles. The van der Waals surface area contributed by atoms with Crippen LogP contribution >= 0.6 is 0 Å². The Bertz CT molecular complexity index is 485. The van der Waals surface area contributed by atoms with Crippen molar-refractivity contribution in [1.82, 2.24) is 5.32 Å². The van der Waals surface area contributed by atoms with Gasteiger partial charge >= 0.3 is 5.97 Å². The maximum Gasteiger partial charge on any atom is 0.322 e. The molecule has 22 heavy (non-hydrogen) atoms. The van der Waals surface area contributed by atoms with Crippen molar-refractivity contribution in [3.8, 4) is 5.75 Å². The number of benzene rings is 1. The molecule has 122 valence electrons. The first kappa shape index (κ1) is 16.6. The predicted molar refractivity (Wildman–Crippen MR) is 87.5 cm³/mol. The summed E-state index contributed by atoms with van der Waals surface area (Å²) in [5.41, 5.74) is 1.14. The van der Waals surface area contributed by atoms with Crippen molar-refractivity contribution < 1.29 is 14.3 Å². The number of ether oxygens (including phenoxy) is 2. The Morgan fingerprint density at radius 2 is 2.00 bits per heavy atom. The summed E-state index contributed by atoms with van der Waals surface area (Å²) in [5, 5.41) is 3.42. The number of hydrogen-bond acceptors (Lipinski definition) is 5. The van der Waals surface area contributed by atoms with E-state index in [1.165, 1.54) is 7.11 Å². The quantitative estimate of drug-likeness (QED) is 0.817. The lowest BCUT2D eigenvalue weighted by Crippen LogP contribution is -2.49. The fourth-order valence-electron chi connectivity index (χ4n) is 2.96. The van der Waals surface area contributed by atoms with Crippen LogP contribution in [0.5, 0.6) is 5.75 Å². The third-order valence-corrected chi connectivity index (χ3v) is 4.25. The van der Waals surface area contributed by atoms with Crippen LogP contribution in [0.15, 0.2) is 24.3 Å². The molecule has 1 aliphatic rings. The lowest BCUT2D eigenvalue weighted by molar-refractivity contribution is -0.143. The molecule has 0 unspecified atom stereocenters. The summed E-state index contributed by atoms with van der Waals surface area (Å²) in [7, 11) is 3.15. The number of hydrogen-bond donors (Lipinski definition) is 1. The number of carbonyl (C=O) groups excluding carboxylic acids is 1. The Kier molecular flexibility index (Phi) is 6.07. The molecule has 1 N–H and O–H groups in total. The lowest BCUT2D eigenvalue weighted by Gasteiger charge is -2.35. The van der Waals surface area contributed by atoms with Crippen LogP contribution in [0.3, 0.4) is 0 Å². The minimum Gasteiger partial charge on any atom is -0.495 e. The van der Waals surface area contributed by atoms with E-state index in [4.69, 9.17) is 9.47 Å². The van der Waals surface area contributed by atoms with Gasteiger partial charge in [0.1, 0.15) is 11.8 Å². The van der Waals surface area contributed by atoms with Gasteiger partial charge in [0.25, 0.3) is 0 Å². The Labute approximate surface area is 132 Å². The van der Waals surface area contributed by atoms with Gasteiger partial charge in [0.05, 0.1) is 19.9 Å². The largest absolute Gasteiger partial charge is 0.495 e. The maximum atomic E-state index is 11.7. The van der Waals surface area contributed by atoms with Crippen molar-refractivity contribution >= 4 is 11.7 Å². The molecule has 5 nitrogen and oxygen atoms in total. The zero-order valence-corrected chi connectivity index (χ0v) is 13.7. The number of carbonyl (C=O) groups is 1. The van der Waals surface area contributed by atoms with Crippen molar-refractivity contribution in [3.63, 3.8) is 0 Å². The summed E-state index contributed by atoms with van der Waals surface area (Å²) in [6, 6.07) is 8.26. The summed E-state index contributed by atoms with van der Waals surface area (Å²) in [6.07, 6.45) is 2.76. The highest BCUT2D eigenvalue weighted by molar-refractivity contribution is 5.75. The molecule has 0 amide bonds. The summed E-state index contributed by atoms with van der Waals surface area (Å²) in [5.74, 6) is 0.740. The van der Waals surface area contributed by atoms with E-state index in [1.807, 2.05) is 25.1 Å². The number of nitrogens with zero attached hydrogens (tertiary/aromatic N) is 1. The molecule has 1 heterocycles. The van der Waals surface area contributed by atoms with Gasteiger partial charge in [0.15, 0.2) is 0 Å². The van der Waals surface area contributed by atoms with E-state index >= 15 is 0 Å². The molecule has 1 atom stereocenters. The second-order valence-electron chi connectivity index (χ2n) is 5.58. The van der Waals surface area contributed by atoms with Gasteiger partial charge in [-0.2, -0.15) is 0 Å². The SMILES string of the molecule is CC[C@H](NC1CCN(c2ccccc2OC)CC1)C(=O)OC. The molecule has 0 radical (unpaired) electrons. The number of methoxy groups -OCH3 is 2. The van der Waals surface area contributed by atoms with Crippen molar-refractivity contribution in [1.29, 1.82) is 0 Å². The van der Waals surface area contributed by atoms with Gasteiger partial charge in [-0.05, 0) is 31.4 Å². The first-order valence-electron chi connectivity index (χ1n) is 7.91. The van der Waals surface area contributed by atoms with E-state index in [-0.39, 0.29) is 12.0 Å². The second-order valence-corrected chi connectivity index (χ2v) is 5.58. The Morgan fingerprint density at radius 3 is 2.59 bits per heavy atom. The molecular weight excluding hydrogens is 280 g/mol. The van der Waals surface area contributed by atoms with Gasteiger partial charge in [-0.1, -0.05) is 19.1 Å². The van der Waals surface area contributed by atoms with Gasteiger partial charge in [-0.15, -0.1) is 0 Å². The third kappa shape index (κ3) is 3.91. The minimum atomic E-state index is -0.201. The van der Waals surface area contributed by atoms with Crippen LogP contribution in [0.25, 0.3) is 0 Å². The van der Waals surface area contributed by atoms with E-state index in [1.54, 1.807) is 7.11 Å². The Hall–Kier alpha value is -1.75. The number of para-hydroxylation sites is 2. The smallest absolute Gasteiger partial charge is 0.322 e. The van der Waals surface area contributed by atoms with Crippen LogP contribution in [-0.4, -0.2) is 45.4 Å². The Balaban J connectivity index is 1.91. The molecule has 1 aliphatic heterocycles. The van der Waals surface area contributed by atoms with Gasteiger partial charge in [-0.25, -0.2) is 0 Å². The van der Waals surface area contributed by atoms with Crippen LogP contribution in [-0.2, 0) is 9.53 Å². The van der Waals surface area contributed by atoms with Gasteiger partial charge in [0, 0.05) is 19.1 Å². The summed E-state index contributed by atoms with van der Waals surface area (Å²) >= 11 is 0. The average molecular weight is 306 g/mol. The number of rotatable bonds is 6. The minimum absolute atomic E-state index is 0.172. The molecule has 1 aromatic rings. The molecule has 1 fully saturated rings. The van der Waals surface area contributed by atoms with Crippen molar-refractivity contribution in [2.24, 2.45) is 0 Å². The Morgan fingerprint density at radius 1 is 1.32 bits per heavy atom. The maximum absolute atomic E-state index is 11.7.